The summed E-state index contributed by atoms with van der Waals surface area (Å²) < 4.78 is 0. The van der Waals surface area contributed by atoms with E-state index in [1.165, 1.54) is 0 Å². The van der Waals surface area contributed by atoms with Gasteiger partial charge < -0.3 is 15.8 Å². The molecule has 4 N–H and O–H groups in total. The van der Waals surface area contributed by atoms with E-state index in [-0.39, 0.29) is 6.17 Å². The van der Waals surface area contributed by atoms with Gasteiger partial charge in [-0.2, -0.15) is 0 Å². The topological polar surface area (TPSA) is 70.4 Å². The zero-order chi connectivity index (χ0) is 9.52. The van der Waals surface area contributed by atoms with Crippen LogP contribution >= 0.6 is 0 Å². The van der Waals surface area contributed by atoms with Crippen LogP contribution < -0.4 is 16.4 Å². The van der Waals surface area contributed by atoms with Crippen molar-refractivity contribution in [1.82, 2.24) is 15.5 Å². The van der Waals surface area contributed by atoms with Gasteiger partial charge in [-0.15, -0.1) is 0 Å². The Hall–Kier alpha value is -0.490. The molecule has 1 saturated heterocycles. The van der Waals surface area contributed by atoms with Crippen LogP contribution in [0.4, 0.5) is 0 Å². The summed E-state index contributed by atoms with van der Waals surface area (Å²) in [5, 5.41) is 6.30. The van der Waals surface area contributed by atoms with Crippen molar-refractivity contribution in [3.63, 3.8) is 0 Å². The number of aldehydes is 1. The van der Waals surface area contributed by atoms with Gasteiger partial charge >= 0.3 is 0 Å². The Kier molecular flexibility index (Phi) is 4.92. The van der Waals surface area contributed by atoms with Crippen molar-refractivity contribution in [2.24, 2.45) is 5.73 Å². The maximum absolute atomic E-state index is 10.6. The van der Waals surface area contributed by atoms with Gasteiger partial charge in [0.15, 0.2) is 6.29 Å². The molecule has 1 heterocycles. The molecule has 1 rings (SSSR count). The fourth-order valence-corrected chi connectivity index (χ4v) is 1.46. The number of hydrogen-bond acceptors (Lipinski definition) is 5. The number of nitrogens with two attached hydrogens (primary N) is 1. The molecule has 0 spiro atoms. The average Bonchev–Trinajstić information content (AvgIpc) is 2.60. The first kappa shape index (κ1) is 10.6. The van der Waals surface area contributed by atoms with Crippen LogP contribution in [0.2, 0.25) is 0 Å². The van der Waals surface area contributed by atoms with E-state index < -0.39 is 0 Å². The molecule has 1 unspecified atom stereocenters. The highest BCUT2D eigenvalue weighted by Crippen LogP contribution is 1.98. The Morgan fingerprint density at radius 1 is 1.62 bits per heavy atom. The predicted octanol–water partition coefficient (Wildman–Crippen LogP) is -2.04. The van der Waals surface area contributed by atoms with Crippen LogP contribution in [0.15, 0.2) is 0 Å². The molecule has 0 saturated carbocycles. The van der Waals surface area contributed by atoms with Crippen LogP contribution in [-0.4, -0.2) is 56.6 Å². The summed E-state index contributed by atoms with van der Waals surface area (Å²) >= 11 is 0. The first-order valence-electron chi connectivity index (χ1n) is 4.72. The van der Waals surface area contributed by atoms with E-state index in [4.69, 9.17) is 5.73 Å². The number of hydrogen-bond donors (Lipinski definition) is 3. The minimum Gasteiger partial charge on any atom is -0.329 e. The minimum atomic E-state index is -0.0836. The van der Waals surface area contributed by atoms with Crippen LogP contribution in [0.1, 0.15) is 0 Å². The third-order valence-electron chi connectivity index (χ3n) is 2.17. The first-order chi connectivity index (χ1) is 6.38. The summed E-state index contributed by atoms with van der Waals surface area (Å²) in [4.78, 5) is 12.7. The second kappa shape index (κ2) is 6.04. The molecule has 1 aliphatic heterocycles. The lowest BCUT2D eigenvalue weighted by Gasteiger charge is -2.19. The summed E-state index contributed by atoms with van der Waals surface area (Å²) in [6.45, 7) is 5.15. The largest absolute Gasteiger partial charge is 0.329 e. The molecule has 0 radical (unpaired) electrons. The van der Waals surface area contributed by atoms with E-state index in [1.807, 2.05) is 0 Å². The maximum Gasteiger partial charge on any atom is 0.151 e. The fraction of sp³-hybridized carbons (Fsp3) is 0.875. The van der Waals surface area contributed by atoms with Gasteiger partial charge in [-0.25, -0.2) is 0 Å². The molecule has 0 aliphatic carbocycles. The molecule has 0 amide bonds. The fourth-order valence-electron chi connectivity index (χ4n) is 1.46. The zero-order valence-corrected chi connectivity index (χ0v) is 7.83. The molecule has 0 aromatic heterocycles. The van der Waals surface area contributed by atoms with Gasteiger partial charge in [0.1, 0.15) is 6.17 Å². The number of carbonyl (C=O) groups is 1. The third kappa shape index (κ3) is 3.40. The summed E-state index contributed by atoms with van der Waals surface area (Å²) in [5.41, 5.74) is 5.33. The summed E-state index contributed by atoms with van der Waals surface area (Å²) in [5.74, 6) is 0. The second-order valence-electron chi connectivity index (χ2n) is 3.11. The van der Waals surface area contributed by atoms with Crippen LogP contribution in [0, 0.1) is 0 Å². The average molecular weight is 186 g/mol. The Morgan fingerprint density at radius 2 is 2.46 bits per heavy atom. The van der Waals surface area contributed by atoms with Gasteiger partial charge in [0, 0.05) is 39.3 Å². The Balaban J connectivity index is 2.09. The highest BCUT2D eigenvalue weighted by molar-refractivity contribution is 5.57. The lowest BCUT2D eigenvalue weighted by Crippen LogP contribution is -2.41. The molecule has 13 heavy (non-hydrogen) atoms. The van der Waals surface area contributed by atoms with Gasteiger partial charge in [-0.3, -0.25) is 10.2 Å². The normalized spacial score (nSPS) is 23.6. The monoisotopic (exact) mass is 186 g/mol. The van der Waals surface area contributed by atoms with E-state index >= 15 is 0 Å². The molecule has 1 aliphatic rings. The van der Waals surface area contributed by atoms with Crippen LogP contribution in [0.5, 0.6) is 0 Å². The van der Waals surface area contributed by atoms with Gasteiger partial charge in [0.05, 0.1) is 0 Å². The maximum atomic E-state index is 10.6. The molecule has 0 bridgehead atoms. The van der Waals surface area contributed by atoms with E-state index in [1.54, 1.807) is 0 Å². The third-order valence-corrected chi connectivity index (χ3v) is 2.17. The number of carbonyl (C=O) groups excluding carboxylic acids is 1. The minimum absolute atomic E-state index is 0.0836. The molecule has 5 heteroatoms. The molecule has 0 aromatic carbocycles. The molecular weight excluding hydrogens is 168 g/mol. The van der Waals surface area contributed by atoms with Gasteiger partial charge in [-0.1, -0.05) is 0 Å². The van der Waals surface area contributed by atoms with Gasteiger partial charge in [-0.05, 0) is 0 Å². The van der Waals surface area contributed by atoms with Crippen molar-refractivity contribution in [2.45, 2.75) is 6.17 Å². The van der Waals surface area contributed by atoms with E-state index in [0.29, 0.717) is 6.54 Å². The van der Waals surface area contributed by atoms with Crippen LogP contribution in [0.25, 0.3) is 0 Å². The van der Waals surface area contributed by atoms with Crippen LogP contribution in [-0.2, 0) is 4.79 Å². The molecule has 76 valence electrons. The Morgan fingerprint density at radius 3 is 3.15 bits per heavy atom. The van der Waals surface area contributed by atoms with Gasteiger partial charge in [0.2, 0.25) is 0 Å². The second-order valence-corrected chi connectivity index (χ2v) is 3.11. The number of nitrogens with zero attached hydrogens (tertiary/aromatic N) is 1. The van der Waals surface area contributed by atoms with Crippen molar-refractivity contribution in [3.8, 4) is 0 Å². The van der Waals surface area contributed by atoms with Crippen molar-refractivity contribution in [1.29, 1.82) is 0 Å². The number of rotatable bonds is 6. The number of nitrogens with one attached hydrogen (secondary N) is 2. The van der Waals surface area contributed by atoms with E-state index in [0.717, 1.165) is 39.0 Å². The van der Waals surface area contributed by atoms with Crippen molar-refractivity contribution >= 4 is 6.29 Å². The first-order valence-corrected chi connectivity index (χ1v) is 4.72. The predicted molar refractivity (Wildman–Crippen MR) is 51.4 cm³/mol. The van der Waals surface area contributed by atoms with Crippen molar-refractivity contribution in [2.75, 3.05) is 39.3 Å². The highest BCUT2D eigenvalue weighted by Gasteiger charge is 2.21. The molecule has 0 aromatic rings. The zero-order valence-electron chi connectivity index (χ0n) is 7.83. The molecule has 1 atom stereocenters. The molecule has 5 nitrogen and oxygen atoms in total. The highest BCUT2D eigenvalue weighted by atomic mass is 16.1. The smallest absolute Gasteiger partial charge is 0.151 e. The van der Waals surface area contributed by atoms with Crippen molar-refractivity contribution in [3.05, 3.63) is 0 Å². The Labute approximate surface area is 78.6 Å². The summed E-state index contributed by atoms with van der Waals surface area (Å²) in [7, 11) is 0. The molecular formula is C8H18N4O. The van der Waals surface area contributed by atoms with E-state index in [9.17, 15) is 4.79 Å². The lowest BCUT2D eigenvalue weighted by atomic mass is 10.4. The SMILES string of the molecule is NCCNCCN1CCNC1C=O. The van der Waals surface area contributed by atoms with Crippen LogP contribution in [0.3, 0.4) is 0 Å². The Bertz CT molecular complexity index is 153. The van der Waals surface area contributed by atoms with Crippen molar-refractivity contribution < 1.29 is 4.79 Å². The summed E-state index contributed by atoms with van der Waals surface area (Å²) in [6.07, 6.45) is 0.871. The summed E-state index contributed by atoms with van der Waals surface area (Å²) in [6, 6.07) is 0. The van der Waals surface area contributed by atoms with E-state index in [2.05, 4.69) is 15.5 Å². The van der Waals surface area contributed by atoms with Gasteiger partial charge in [0.25, 0.3) is 0 Å². The quantitative estimate of drug-likeness (QED) is 0.329. The molecule has 1 fully saturated rings. The standard InChI is InChI=1S/C8H18N4O/c9-1-2-10-3-5-12-6-4-11-8(12)7-13/h7-8,10-11H,1-6,9H2. The lowest BCUT2D eigenvalue weighted by molar-refractivity contribution is -0.112.